The molecule has 6 nitrogen and oxygen atoms in total. The Hall–Kier alpha value is -0.890. The Kier molecular flexibility index (Phi) is 7.22. The van der Waals surface area contributed by atoms with E-state index in [1.165, 1.54) is 6.07 Å². The summed E-state index contributed by atoms with van der Waals surface area (Å²) >= 11 is 0. The van der Waals surface area contributed by atoms with Crippen LogP contribution in [0.4, 0.5) is 0 Å². The minimum Gasteiger partial charge on any atom is -0.447 e. The molecular formula is C13H24N2O4S. The van der Waals surface area contributed by atoms with E-state index in [0.29, 0.717) is 37.9 Å². The molecule has 0 fully saturated rings. The van der Waals surface area contributed by atoms with E-state index in [1.807, 2.05) is 13.8 Å². The normalized spacial score (nSPS) is 12.2. The highest BCUT2D eigenvalue weighted by Gasteiger charge is 2.18. The summed E-state index contributed by atoms with van der Waals surface area (Å²) in [6, 6.07) is 3.14. The monoisotopic (exact) mass is 304 g/mol. The predicted octanol–water partition coefficient (Wildman–Crippen LogP) is 1.34. The molecule has 7 heteroatoms. The molecule has 0 atom stereocenters. The Bertz CT molecular complexity index is 482. The first-order chi connectivity index (χ1) is 9.45. The Balaban J connectivity index is 2.48. The average molecular weight is 304 g/mol. The molecule has 0 aliphatic rings. The van der Waals surface area contributed by atoms with Crippen LogP contribution in [-0.2, 0) is 21.3 Å². The van der Waals surface area contributed by atoms with Gasteiger partial charge in [-0.3, -0.25) is 0 Å². The summed E-state index contributed by atoms with van der Waals surface area (Å²) in [5, 5.41) is 3.05. The molecule has 116 valence electrons. The molecule has 0 saturated carbocycles. The fourth-order valence-electron chi connectivity index (χ4n) is 1.54. The van der Waals surface area contributed by atoms with Crippen molar-refractivity contribution in [1.29, 1.82) is 0 Å². The van der Waals surface area contributed by atoms with Gasteiger partial charge in [0.25, 0.3) is 10.0 Å². The van der Waals surface area contributed by atoms with Gasteiger partial charge in [-0.2, -0.15) is 0 Å². The van der Waals surface area contributed by atoms with Crippen LogP contribution in [0.2, 0.25) is 0 Å². The first kappa shape index (κ1) is 17.2. The lowest BCUT2D eigenvalue weighted by atomic mass is 10.1. The van der Waals surface area contributed by atoms with Crippen LogP contribution < -0.4 is 10.0 Å². The standard InChI is InChI=1S/C13H24N2O4S/c1-11(2)6-7-15-20(16,17)13-5-4-12(19-13)10-14-8-9-18-3/h4-5,11,14-15H,6-10H2,1-3H3. The van der Waals surface area contributed by atoms with Gasteiger partial charge in [-0.1, -0.05) is 13.8 Å². The van der Waals surface area contributed by atoms with E-state index >= 15 is 0 Å². The van der Waals surface area contributed by atoms with E-state index in [9.17, 15) is 8.42 Å². The van der Waals surface area contributed by atoms with E-state index in [0.717, 1.165) is 6.42 Å². The lowest BCUT2D eigenvalue weighted by Gasteiger charge is -2.06. The van der Waals surface area contributed by atoms with Gasteiger partial charge in [0.1, 0.15) is 5.76 Å². The van der Waals surface area contributed by atoms with Gasteiger partial charge >= 0.3 is 0 Å². The first-order valence-corrected chi connectivity index (χ1v) is 8.22. The van der Waals surface area contributed by atoms with Crippen molar-refractivity contribution in [3.05, 3.63) is 17.9 Å². The van der Waals surface area contributed by atoms with E-state index < -0.39 is 10.0 Å². The largest absolute Gasteiger partial charge is 0.447 e. The highest BCUT2D eigenvalue weighted by Crippen LogP contribution is 2.13. The summed E-state index contributed by atoms with van der Waals surface area (Å²) in [7, 11) is -1.91. The molecule has 0 aromatic carbocycles. The molecule has 0 amide bonds. The number of hydrogen-bond acceptors (Lipinski definition) is 5. The highest BCUT2D eigenvalue weighted by atomic mass is 32.2. The third kappa shape index (κ3) is 6.04. The lowest BCUT2D eigenvalue weighted by Crippen LogP contribution is -2.25. The van der Waals surface area contributed by atoms with Crippen molar-refractivity contribution in [2.45, 2.75) is 31.9 Å². The molecule has 0 radical (unpaired) electrons. The van der Waals surface area contributed by atoms with Crippen molar-refractivity contribution in [1.82, 2.24) is 10.0 Å². The number of rotatable bonds is 10. The quantitative estimate of drug-likeness (QED) is 0.638. The van der Waals surface area contributed by atoms with Gasteiger partial charge in [-0.15, -0.1) is 0 Å². The van der Waals surface area contributed by atoms with Crippen LogP contribution in [0.5, 0.6) is 0 Å². The van der Waals surface area contributed by atoms with Crippen molar-refractivity contribution in [3.63, 3.8) is 0 Å². The zero-order valence-electron chi connectivity index (χ0n) is 12.3. The molecule has 0 aliphatic carbocycles. The van der Waals surface area contributed by atoms with Crippen LogP contribution in [0.3, 0.4) is 0 Å². The smallest absolute Gasteiger partial charge is 0.273 e. The van der Waals surface area contributed by atoms with Gasteiger partial charge in [-0.25, -0.2) is 13.1 Å². The zero-order chi connectivity index (χ0) is 15.0. The second kappa shape index (κ2) is 8.41. The van der Waals surface area contributed by atoms with E-state index in [1.54, 1.807) is 13.2 Å². The predicted molar refractivity (Wildman–Crippen MR) is 76.9 cm³/mol. The van der Waals surface area contributed by atoms with E-state index in [-0.39, 0.29) is 5.09 Å². The number of furan rings is 1. The summed E-state index contributed by atoms with van der Waals surface area (Å²) in [5.74, 6) is 1.04. The van der Waals surface area contributed by atoms with Crippen LogP contribution >= 0.6 is 0 Å². The van der Waals surface area contributed by atoms with Crippen molar-refractivity contribution in [2.75, 3.05) is 26.8 Å². The molecule has 0 bridgehead atoms. The molecule has 1 rings (SSSR count). The van der Waals surface area contributed by atoms with Crippen molar-refractivity contribution in [3.8, 4) is 0 Å². The molecule has 0 saturated heterocycles. The van der Waals surface area contributed by atoms with Crippen LogP contribution in [0.25, 0.3) is 0 Å². The molecule has 0 aliphatic heterocycles. The van der Waals surface area contributed by atoms with Gasteiger partial charge in [0.2, 0.25) is 5.09 Å². The van der Waals surface area contributed by atoms with Gasteiger partial charge in [0.05, 0.1) is 13.2 Å². The number of sulfonamides is 1. The first-order valence-electron chi connectivity index (χ1n) is 6.73. The summed E-state index contributed by atoms with van der Waals surface area (Å²) in [6.45, 7) is 6.28. The second-order valence-corrected chi connectivity index (χ2v) is 6.67. The van der Waals surface area contributed by atoms with Crippen molar-refractivity contribution in [2.24, 2.45) is 5.92 Å². The number of methoxy groups -OCH3 is 1. The third-order valence-corrected chi connectivity index (χ3v) is 4.03. The van der Waals surface area contributed by atoms with E-state index in [4.69, 9.17) is 9.15 Å². The number of ether oxygens (including phenoxy) is 1. The molecule has 1 heterocycles. The number of hydrogen-bond donors (Lipinski definition) is 2. The molecule has 1 aromatic rings. The minimum absolute atomic E-state index is 0.0372. The molecule has 1 aromatic heterocycles. The van der Waals surface area contributed by atoms with Gasteiger partial charge in [0.15, 0.2) is 0 Å². The van der Waals surface area contributed by atoms with Crippen molar-refractivity contribution < 1.29 is 17.6 Å². The zero-order valence-corrected chi connectivity index (χ0v) is 13.1. The Morgan fingerprint density at radius 2 is 2.05 bits per heavy atom. The number of nitrogens with one attached hydrogen (secondary N) is 2. The van der Waals surface area contributed by atoms with Crippen molar-refractivity contribution >= 4 is 10.0 Å². The topological polar surface area (TPSA) is 80.6 Å². The Morgan fingerprint density at radius 3 is 2.70 bits per heavy atom. The summed E-state index contributed by atoms with van der Waals surface area (Å²) in [6.07, 6.45) is 0.797. The molecule has 20 heavy (non-hydrogen) atoms. The summed E-state index contributed by atoms with van der Waals surface area (Å²) in [5.41, 5.74) is 0. The maximum absolute atomic E-state index is 12.0. The van der Waals surface area contributed by atoms with Gasteiger partial charge < -0.3 is 14.5 Å². The maximum atomic E-state index is 12.0. The highest BCUT2D eigenvalue weighted by molar-refractivity contribution is 7.89. The Morgan fingerprint density at radius 1 is 1.30 bits per heavy atom. The summed E-state index contributed by atoms with van der Waals surface area (Å²) in [4.78, 5) is 0. The summed E-state index contributed by atoms with van der Waals surface area (Å²) < 4.78 is 36.7. The van der Waals surface area contributed by atoms with E-state index in [2.05, 4.69) is 10.0 Å². The average Bonchev–Trinajstić information content (AvgIpc) is 2.83. The molecular weight excluding hydrogens is 280 g/mol. The van der Waals surface area contributed by atoms with Gasteiger partial charge in [0, 0.05) is 20.2 Å². The molecule has 2 N–H and O–H groups in total. The van der Waals surface area contributed by atoms with Gasteiger partial charge in [-0.05, 0) is 24.5 Å². The lowest BCUT2D eigenvalue weighted by molar-refractivity contribution is 0.198. The minimum atomic E-state index is -3.54. The van der Waals surface area contributed by atoms with Crippen LogP contribution in [-0.4, -0.2) is 35.2 Å². The fraction of sp³-hybridized carbons (Fsp3) is 0.692. The maximum Gasteiger partial charge on any atom is 0.273 e. The van der Waals surface area contributed by atoms with Crippen LogP contribution in [0, 0.1) is 5.92 Å². The third-order valence-electron chi connectivity index (χ3n) is 2.70. The Labute approximate surface area is 120 Å². The SMILES string of the molecule is COCCNCc1ccc(S(=O)(=O)NCCC(C)C)o1. The fourth-order valence-corrected chi connectivity index (χ4v) is 2.53. The van der Waals surface area contributed by atoms with Crippen LogP contribution in [0.15, 0.2) is 21.6 Å². The van der Waals surface area contributed by atoms with Crippen LogP contribution in [0.1, 0.15) is 26.0 Å². The second-order valence-electron chi connectivity index (χ2n) is 4.97. The molecule has 0 spiro atoms. The molecule has 0 unspecified atom stereocenters.